The first kappa shape index (κ1) is 20.1. The average Bonchev–Trinajstić information content (AvgIpc) is 3.37. The summed E-state index contributed by atoms with van der Waals surface area (Å²) in [6, 6.07) is 21.3. The Labute approximate surface area is 192 Å². The molecule has 5 rings (SSSR count). The molecule has 5 aromatic rings. The Morgan fingerprint density at radius 3 is 1.87 bits per heavy atom. The summed E-state index contributed by atoms with van der Waals surface area (Å²) in [5, 5.41) is 0. The van der Waals surface area contributed by atoms with Gasteiger partial charge in [-0.15, -0.1) is 22.7 Å². The number of para-hydroxylation sites is 2. The van der Waals surface area contributed by atoms with E-state index in [2.05, 4.69) is 74.5 Å². The molecule has 0 bridgehead atoms. The Morgan fingerprint density at radius 1 is 0.700 bits per heavy atom. The highest BCUT2D eigenvalue weighted by Crippen LogP contribution is 2.36. The van der Waals surface area contributed by atoms with Gasteiger partial charge in [-0.2, -0.15) is 0 Å². The Kier molecular flexibility index (Phi) is 5.83. The third kappa shape index (κ3) is 4.14. The fraction of sp³-hybridized carbons (Fsp3) is 0.167. The van der Waals surface area contributed by atoms with E-state index in [9.17, 15) is 0 Å². The lowest BCUT2D eigenvalue weighted by atomic mass is 10.00. The topological polar surface area (TPSA) is 25.8 Å². The molecule has 0 radical (unpaired) electrons. The molecule has 150 valence electrons. The van der Waals surface area contributed by atoms with Crippen molar-refractivity contribution in [2.75, 3.05) is 0 Å². The van der Waals surface area contributed by atoms with Crippen molar-refractivity contribution in [3.63, 3.8) is 0 Å². The zero-order valence-electron chi connectivity index (χ0n) is 16.7. The second-order valence-corrected chi connectivity index (χ2v) is 11.6. The van der Waals surface area contributed by atoms with Gasteiger partial charge in [0, 0.05) is 11.5 Å². The van der Waals surface area contributed by atoms with E-state index in [1.54, 1.807) is 22.7 Å². The van der Waals surface area contributed by atoms with E-state index in [4.69, 9.17) is 9.97 Å². The summed E-state index contributed by atoms with van der Waals surface area (Å²) in [7, 11) is 0. The van der Waals surface area contributed by atoms with E-state index < -0.39 is 0 Å². The number of aromatic nitrogens is 2. The van der Waals surface area contributed by atoms with Crippen molar-refractivity contribution >= 4 is 66.6 Å². The standard InChI is InChI=1S/C24H20N2S4/c1-15-11-12-17(13-27-23-25-19-7-3-5-9-21(19)29-23)18(16(15)2)14-28-24-26-20-8-4-6-10-22(20)30-24/h3-12H,13-14H2,1-2H3. The second-order valence-electron chi connectivity index (χ2n) is 7.12. The molecule has 3 aromatic carbocycles. The number of aryl methyl sites for hydroxylation is 1. The monoisotopic (exact) mass is 464 g/mol. The van der Waals surface area contributed by atoms with Crippen LogP contribution in [0.15, 0.2) is 69.3 Å². The van der Waals surface area contributed by atoms with Crippen molar-refractivity contribution in [2.24, 2.45) is 0 Å². The zero-order valence-corrected chi connectivity index (χ0v) is 20.0. The molecule has 6 heteroatoms. The molecule has 0 N–H and O–H groups in total. The molecule has 2 aromatic heterocycles. The molecular formula is C24H20N2S4. The van der Waals surface area contributed by atoms with Crippen molar-refractivity contribution < 1.29 is 0 Å². The molecule has 0 saturated carbocycles. The second kappa shape index (κ2) is 8.71. The van der Waals surface area contributed by atoms with Crippen molar-refractivity contribution in [3.05, 3.63) is 82.9 Å². The van der Waals surface area contributed by atoms with Gasteiger partial charge in [0.2, 0.25) is 0 Å². The third-order valence-electron chi connectivity index (χ3n) is 5.21. The molecular weight excluding hydrogens is 445 g/mol. The molecule has 0 aliphatic rings. The van der Waals surface area contributed by atoms with Crippen LogP contribution in [0.2, 0.25) is 0 Å². The van der Waals surface area contributed by atoms with Gasteiger partial charge in [-0.25, -0.2) is 9.97 Å². The Morgan fingerprint density at radius 2 is 1.27 bits per heavy atom. The van der Waals surface area contributed by atoms with Crippen LogP contribution in [0.1, 0.15) is 22.3 Å². The highest BCUT2D eigenvalue weighted by Gasteiger charge is 2.13. The average molecular weight is 465 g/mol. The summed E-state index contributed by atoms with van der Waals surface area (Å²) in [6.07, 6.45) is 0. The first-order chi connectivity index (χ1) is 14.7. The number of hydrogen-bond acceptors (Lipinski definition) is 6. The maximum absolute atomic E-state index is 4.80. The number of hydrogen-bond donors (Lipinski definition) is 0. The lowest BCUT2D eigenvalue weighted by Crippen LogP contribution is -1.97. The minimum atomic E-state index is 0.941. The normalized spacial score (nSPS) is 11.5. The van der Waals surface area contributed by atoms with E-state index in [1.165, 1.54) is 31.7 Å². The fourth-order valence-electron chi connectivity index (χ4n) is 3.37. The van der Waals surface area contributed by atoms with Gasteiger partial charge in [0.15, 0.2) is 8.68 Å². The van der Waals surface area contributed by atoms with Gasteiger partial charge < -0.3 is 0 Å². The first-order valence-corrected chi connectivity index (χ1v) is 13.3. The predicted octanol–water partition coefficient (Wildman–Crippen LogP) is 8.11. The summed E-state index contributed by atoms with van der Waals surface area (Å²) >= 11 is 7.25. The molecule has 0 atom stereocenters. The number of benzene rings is 3. The summed E-state index contributed by atoms with van der Waals surface area (Å²) in [5.41, 5.74) is 7.77. The van der Waals surface area contributed by atoms with Crippen LogP contribution in [-0.4, -0.2) is 9.97 Å². The van der Waals surface area contributed by atoms with E-state index in [0.29, 0.717) is 0 Å². The molecule has 0 unspecified atom stereocenters. The largest absolute Gasteiger partial charge is 0.230 e. The molecule has 2 heterocycles. The minimum Gasteiger partial charge on any atom is -0.230 e. The van der Waals surface area contributed by atoms with Gasteiger partial charge >= 0.3 is 0 Å². The number of nitrogens with zero attached hydrogens (tertiary/aromatic N) is 2. The Balaban J connectivity index is 1.36. The van der Waals surface area contributed by atoms with Gasteiger partial charge in [-0.1, -0.05) is 59.9 Å². The van der Waals surface area contributed by atoms with Crippen molar-refractivity contribution in [2.45, 2.75) is 34.0 Å². The van der Waals surface area contributed by atoms with Crippen molar-refractivity contribution in [1.29, 1.82) is 0 Å². The number of thiazole rings is 2. The van der Waals surface area contributed by atoms with Gasteiger partial charge in [0.25, 0.3) is 0 Å². The van der Waals surface area contributed by atoms with Crippen LogP contribution < -0.4 is 0 Å². The molecule has 0 aliphatic heterocycles. The molecule has 30 heavy (non-hydrogen) atoms. The van der Waals surface area contributed by atoms with E-state index >= 15 is 0 Å². The maximum Gasteiger partial charge on any atom is 0.151 e. The minimum absolute atomic E-state index is 0.941. The molecule has 0 amide bonds. The molecule has 0 spiro atoms. The first-order valence-electron chi connectivity index (χ1n) is 9.72. The lowest BCUT2D eigenvalue weighted by molar-refractivity contribution is 1.17. The van der Waals surface area contributed by atoms with Crippen LogP contribution in [0.4, 0.5) is 0 Å². The lowest BCUT2D eigenvalue weighted by Gasteiger charge is -2.14. The Bertz CT molecular complexity index is 1270. The van der Waals surface area contributed by atoms with Crippen LogP contribution in [0, 0.1) is 13.8 Å². The predicted molar refractivity (Wildman–Crippen MR) is 134 cm³/mol. The fourth-order valence-corrected chi connectivity index (χ4v) is 7.67. The zero-order chi connectivity index (χ0) is 20.5. The van der Waals surface area contributed by atoms with E-state index in [1.807, 2.05) is 23.5 Å². The van der Waals surface area contributed by atoms with Crippen LogP contribution in [0.25, 0.3) is 20.4 Å². The molecule has 0 fully saturated rings. The summed E-state index contributed by atoms with van der Waals surface area (Å²) in [6.45, 7) is 4.45. The third-order valence-corrected chi connectivity index (χ3v) is 9.64. The van der Waals surface area contributed by atoms with Gasteiger partial charge in [-0.05, 0) is 60.4 Å². The van der Waals surface area contributed by atoms with Crippen molar-refractivity contribution in [1.82, 2.24) is 9.97 Å². The molecule has 2 nitrogen and oxygen atoms in total. The Hall–Kier alpha value is -1.86. The molecule has 0 saturated heterocycles. The molecule has 0 aliphatic carbocycles. The number of fused-ring (bicyclic) bond motifs is 2. The smallest absolute Gasteiger partial charge is 0.151 e. The van der Waals surface area contributed by atoms with E-state index in [0.717, 1.165) is 31.2 Å². The van der Waals surface area contributed by atoms with Crippen LogP contribution >= 0.6 is 46.2 Å². The highest BCUT2D eigenvalue weighted by atomic mass is 32.2. The number of thioether (sulfide) groups is 2. The maximum atomic E-state index is 4.80. The summed E-state index contributed by atoms with van der Waals surface area (Å²) < 4.78 is 4.79. The number of rotatable bonds is 6. The van der Waals surface area contributed by atoms with Gasteiger partial charge in [-0.3, -0.25) is 0 Å². The highest BCUT2D eigenvalue weighted by molar-refractivity contribution is 8.00. The SMILES string of the molecule is Cc1ccc(CSc2nc3ccccc3s2)c(CSc2nc3ccccc3s2)c1C. The quantitative estimate of drug-likeness (QED) is 0.237. The van der Waals surface area contributed by atoms with Gasteiger partial charge in [0.1, 0.15) is 0 Å². The van der Waals surface area contributed by atoms with Crippen LogP contribution in [-0.2, 0) is 11.5 Å². The summed E-state index contributed by atoms with van der Waals surface area (Å²) in [5.74, 6) is 1.89. The van der Waals surface area contributed by atoms with E-state index in [-0.39, 0.29) is 0 Å². The van der Waals surface area contributed by atoms with Crippen molar-refractivity contribution in [3.8, 4) is 0 Å². The van der Waals surface area contributed by atoms with Crippen LogP contribution in [0.5, 0.6) is 0 Å². The summed E-state index contributed by atoms with van der Waals surface area (Å²) in [4.78, 5) is 9.58. The van der Waals surface area contributed by atoms with Gasteiger partial charge in [0.05, 0.1) is 20.4 Å². The van der Waals surface area contributed by atoms with Crippen LogP contribution in [0.3, 0.4) is 0 Å².